The lowest BCUT2D eigenvalue weighted by Gasteiger charge is -1.96. The monoisotopic (exact) mass is 202 g/mol. The lowest BCUT2D eigenvalue weighted by atomic mass is 10.2. The van der Waals surface area contributed by atoms with Gasteiger partial charge in [-0.1, -0.05) is 24.8 Å². The molecule has 1 aromatic rings. The Kier molecular flexibility index (Phi) is 2.55. The van der Waals surface area contributed by atoms with Gasteiger partial charge >= 0.3 is 0 Å². The van der Waals surface area contributed by atoms with Crippen LogP contribution in [0.25, 0.3) is 6.08 Å². The molecule has 0 aliphatic rings. The van der Waals surface area contributed by atoms with E-state index in [1.165, 1.54) is 12.1 Å². The SMILES string of the molecule is C=Cc1cccc(S(=O)(=O)Cl)c1. The Morgan fingerprint density at radius 2 is 2.08 bits per heavy atom. The van der Waals surface area contributed by atoms with E-state index in [4.69, 9.17) is 10.7 Å². The third-order valence-electron chi connectivity index (χ3n) is 1.38. The topological polar surface area (TPSA) is 34.1 Å². The van der Waals surface area contributed by atoms with Crippen LogP contribution in [0.2, 0.25) is 0 Å². The van der Waals surface area contributed by atoms with Crippen LogP contribution in [0, 0.1) is 0 Å². The number of benzene rings is 1. The quantitative estimate of drug-likeness (QED) is 0.690. The van der Waals surface area contributed by atoms with Crippen molar-refractivity contribution in [2.45, 2.75) is 4.90 Å². The molecule has 0 fully saturated rings. The van der Waals surface area contributed by atoms with Crippen LogP contribution in [0.15, 0.2) is 35.7 Å². The first-order valence-electron chi connectivity index (χ1n) is 3.21. The van der Waals surface area contributed by atoms with Crippen LogP contribution in [0.5, 0.6) is 0 Å². The van der Waals surface area contributed by atoms with Gasteiger partial charge in [-0.15, -0.1) is 0 Å². The molecule has 0 saturated carbocycles. The van der Waals surface area contributed by atoms with E-state index in [9.17, 15) is 8.42 Å². The summed E-state index contributed by atoms with van der Waals surface area (Å²) in [7, 11) is 1.51. The van der Waals surface area contributed by atoms with E-state index in [2.05, 4.69) is 6.58 Å². The van der Waals surface area contributed by atoms with E-state index in [0.717, 1.165) is 5.56 Å². The molecule has 0 amide bonds. The molecule has 0 aliphatic carbocycles. The summed E-state index contributed by atoms with van der Waals surface area (Å²) in [5.74, 6) is 0. The van der Waals surface area contributed by atoms with Crippen molar-refractivity contribution in [1.82, 2.24) is 0 Å². The second-order valence-electron chi connectivity index (χ2n) is 2.21. The minimum absolute atomic E-state index is 0.0987. The van der Waals surface area contributed by atoms with Crippen molar-refractivity contribution < 1.29 is 8.42 Å². The number of hydrogen-bond acceptors (Lipinski definition) is 2. The average molecular weight is 203 g/mol. The zero-order chi connectivity index (χ0) is 9.19. The Morgan fingerprint density at radius 1 is 1.42 bits per heavy atom. The van der Waals surface area contributed by atoms with Gasteiger partial charge in [0.15, 0.2) is 0 Å². The molecule has 0 bridgehead atoms. The number of rotatable bonds is 2. The molecule has 0 aromatic heterocycles. The first kappa shape index (κ1) is 9.29. The maximum atomic E-state index is 10.8. The van der Waals surface area contributed by atoms with E-state index in [1.807, 2.05) is 0 Å². The van der Waals surface area contributed by atoms with Crippen LogP contribution in [-0.2, 0) is 9.05 Å². The summed E-state index contributed by atoms with van der Waals surface area (Å²) in [6, 6.07) is 6.27. The Hall–Kier alpha value is -0.800. The highest BCUT2D eigenvalue weighted by Gasteiger charge is 2.08. The summed E-state index contributed by atoms with van der Waals surface area (Å²) in [4.78, 5) is 0.0987. The minimum atomic E-state index is -3.61. The predicted molar refractivity (Wildman–Crippen MR) is 49.6 cm³/mol. The zero-order valence-electron chi connectivity index (χ0n) is 6.20. The molecule has 0 heterocycles. The Balaban J connectivity index is 3.29. The number of halogens is 1. The van der Waals surface area contributed by atoms with Crippen molar-refractivity contribution in [3.8, 4) is 0 Å². The van der Waals surface area contributed by atoms with Gasteiger partial charge < -0.3 is 0 Å². The first-order valence-corrected chi connectivity index (χ1v) is 5.52. The van der Waals surface area contributed by atoms with E-state index in [-0.39, 0.29) is 4.90 Å². The Morgan fingerprint density at radius 3 is 2.58 bits per heavy atom. The van der Waals surface area contributed by atoms with Crippen LogP contribution >= 0.6 is 10.7 Å². The van der Waals surface area contributed by atoms with Gasteiger partial charge in [0, 0.05) is 10.7 Å². The highest BCUT2D eigenvalue weighted by atomic mass is 35.7. The van der Waals surface area contributed by atoms with Crippen LogP contribution in [-0.4, -0.2) is 8.42 Å². The normalized spacial score (nSPS) is 11.1. The molecule has 0 N–H and O–H groups in total. The largest absolute Gasteiger partial charge is 0.261 e. The predicted octanol–water partition coefficient (Wildman–Crippen LogP) is 2.26. The van der Waals surface area contributed by atoms with Crippen molar-refractivity contribution in [3.63, 3.8) is 0 Å². The Labute approximate surface area is 75.9 Å². The van der Waals surface area contributed by atoms with Crippen molar-refractivity contribution in [3.05, 3.63) is 36.4 Å². The van der Waals surface area contributed by atoms with Gasteiger partial charge in [0.2, 0.25) is 0 Å². The molecule has 0 aliphatic heterocycles. The molecule has 64 valence electrons. The highest BCUT2D eigenvalue weighted by Crippen LogP contribution is 2.16. The van der Waals surface area contributed by atoms with Crippen LogP contribution < -0.4 is 0 Å². The molecule has 1 aromatic carbocycles. The molecule has 12 heavy (non-hydrogen) atoms. The Bertz CT molecular complexity index is 395. The maximum absolute atomic E-state index is 10.8. The molecular formula is C8H7ClO2S. The summed E-state index contributed by atoms with van der Waals surface area (Å²) < 4.78 is 21.7. The molecule has 0 radical (unpaired) electrons. The molecule has 1 rings (SSSR count). The second kappa shape index (κ2) is 3.29. The van der Waals surface area contributed by atoms with E-state index in [0.29, 0.717) is 0 Å². The molecule has 0 unspecified atom stereocenters. The van der Waals surface area contributed by atoms with Gasteiger partial charge in [-0.3, -0.25) is 0 Å². The van der Waals surface area contributed by atoms with Crippen molar-refractivity contribution >= 4 is 25.8 Å². The van der Waals surface area contributed by atoms with Crippen molar-refractivity contribution in [2.75, 3.05) is 0 Å². The van der Waals surface area contributed by atoms with Gasteiger partial charge in [-0.2, -0.15) is 0 Å². The highest BCUT2D eigenvalue weighted by molar-refractivity contribution is 8.13. The standard InChI is InChI=1S/C8H7ClO2S/c1-2-7-4-3-5-8(6-7)12(9,10)11/h2-6H,1H2. The number of hydrogen-bond donors (Lipinski definition) is 0. The van der Waals surface area contributed by atoms with Gasteiger partial charge in [0.05, 0.1) is 4.90 Å². The molecule has 0 saturated heterocycles. The van der Waals surface area contributed by atoms with Crippen molar-refractivity contribution in [1.29, 1.82) is 0 Å². The molecule has 0 spiro atoms. The van der Waals surface area contributed by atoms with Gasteiger partial charge in [0.25, 0.3) is 9.05 Å². The van der Waals surface area contributed by atoms with E-state index >= 15 is 0 Å². The lowest BCUT2D eigenvalue weighted by molar-refractivity contribution is 0.609. The molecule has 2 nitrogen and oxygen atoms in total. The van der Waals surface area contributed by atoms with Crippen LogP contribution in [0.1, 0.15) is 5.56 Å². The minimum Gasteiger partial charge on any atom is -0.207 e. The summed E-state index contributed by atoms with van der Waals surface area (Å²) >= 11 is 0. The van der Waals surface area contributed by atoms with E-state index in [1.54, 1.807) is 18.2 Å². The van der Waals surface area contributed by atoms with Crippen molar-refractivity contribution in [2.24, 2.45) is 0 Å². The zero-order valence-corrected chi connectivity index (χ0v) is 7.77. The first-order chi connectivity index (χ1) is 5.54. The average Bonchev–Trinajstić information content (AvgIpc) is 2.03. The fraction of sp³-hybridized carbons (Fsp3) is 0. The summed E-state index contributed by atoms with van der Waals surface area (Å²) in [6.45, 7) is 3.52. The summed E-state index contributed by atoms with van der Waals surface area (Å²) in [5.41, 5.74) is 0.733. The van der Waals surface area contributed by atoms with Gasteiger partial charge in [0.1, 0.15) is 0 Å². The summed E-state index contributed by atoms with van der Waals surface area (Å²) in [6.07, 6.45) is 1.56. The smallest absolute Gasteiger partial charge is 0.207 e. The lowest BCUT2D eigenvalue weighted by Crippen LogP contribution is -1.89. The fourth-order valence-electron chi connectivity index (χ4n) is 0.793. The van der Waals surface area contributed by atoms with Crippen LogP contribution in [0.4, 0.5) is 0 Å². The molecule has 4 heteroatoms. The molecular weight excluding hydrogens is 196 g/mol. The maximum Gasteiger partial charge on any atom is 0.261 e. The fourth-order valence-corrected chi connectivity index (χ4v) is 1.60. The second-order valence-corrected chi connectivity index (χ2v) is 4.78. The van der Waals surface area contributed by atoms with E-state index < -0.39 is 9.05 Å². The third kappa shape index (κ3) is 2.09. The summed E-state index contributed by atoms with van der Waals surface area (Å²) in [5, 5.41) is 0. The van der Waals surface area contributed by atoms with Crippen LogP contribution in [0.3, 0.4) is 0 Å². The van der Waals surface area contributed by atoms with Gasteiger partial charge in [-0.05, 0) is 17.7 Å². The third-order valence-corrected chi connectivity index (χ3v) is 2.73. The molecule has 0 atom stereocenters. The van der Waals surface area contributed by atoms with Gasteiger partial charge in [-0.25, -0.2) is 8.42 Å².